The Morgan fingerprint density at radius 1 is 1.30 bits per heavy atom. The number of benzene rings is 1. The molecule has 3 nitrogen and oxygen atoms in total. The van der Waals surface area contributed by atoms with E-state index in [-0.39, 0.29) is 23.8 Å². The van der Waals surface area contributed by atoms with Gasteiger partial charge in [-0.1, -0.05) is 26.0 Å². The van der Waals surface area contributed by atoms with E-state index in [1.165, 1.54) is 6.07 Å². The number of rotatable bonds is 4. The van der Waals surface area contributed by atoms with Crippen molar-refractivity contribution >= 4 is 5.91 Å². The number of nitrogens with two attached hydrogens (primary N) is 1. The van der Waals surface area contributed by atoms with Crippen LogP contribution in [0, 0.1) is 11.8 Å². The molecule has 0 aliphatic heterocycles. The molecule has 0 saturated heterocycles. The summed E-state index contributed by atoms with van der Waals surface area (Å²) in [6, 6.07) is 4.76. The number of carbonyl (C=O) groups is 1. The Kier molecular flexibility index (Phi) is 5.34. The van der Waals surface area contributed by atoms with E-state index in [9.17, 15) is 18.0 Å². The van der Waals surface area contributed by atoms with E-state index in [1.807, 2.05) is 13.8 Å². The first-order chi connectivity index (χ1) is 10.7. The number of amides is 1. The molecular formula is C17H23F3N2O. The average Bonchev–Trinajstić information content (AvgIpc) is 2.90. The van der Waals surface area contributed by atoms with Gasteiger partial charge in [0, 0.05) is 12.0 Å². The van der Waals surface area contributed by atoms with Crippen LogP contribution in [0.1, 0.15) is 50.3 Å². The molecule has 23 heavy (non-hydrogen) atoms. The van der Waals surface area contributed by atoms with Crippen molar-refractivity contribution in [3.05, 3.63) is 35.4 Å². The van der Waals surface area contributed by atoms with Crippen LogP contribution in [0.5, 0.6) is 0 Å². The van der Waals surface area contributed by atoms with Gasteiger partial charge in [0.25, 0.3) is 0 Å². The Morgan fingerprint density at radius 3 is 2.52 bits per heavy atom. The summed E-state index contributed by atoms with van der Waals surface area (Å²) in [6.45, 7) is 3.76. The summed E-state index contributed by atoms with van der Waals surface area (Å²) >= 11 is 0. The average molecular weight is 328 g/mol. The summed E-state index contributed by atoms with van der Waals surface area (Å²) in [6.07, 6.45) is -2.20. The SMILES string of the molecule is CC(C)C(NC(=O)C1CCC(N)C1)c1cccc(C(F)(F)F)c1. The molecule has 3 N–H and O–H groups in total. The molecule has 6 heteroatoms. The van der Waals surface area contributed by atoms with Crippen LogP contribution in [0.3, 0.4) is 0 Å². The molecule has 1 saturated carbocycles. The van der Waals surface area contributed by atoms with Gasteiger partial charge in [-0.15, -0.1) is 0 Å². The van der Waals surface area contributed by atoms with Crippen molar-refractivity contribution < 1.29 is 18.0 Å². The summed E-state index contributed by atoms with van der Waals surface area (Å²) in [5.74, 6) is -0.274. The first-order valence-corrected chi connectivity index (χ1v) is 7.91. The zero-order chi connectivity index (χ0) is 17.2. The lowest BCUT2D eigenvalue weighted by Crippen LogP contribution is -2.36. The van der Waals surface area contributed by atoms with Crippen LogP contribution in [0.15, 0.2) is 24.3 Å². The highest BCUT2D eigenvalue weighted by Gasteiger charge is 2.33. The summed E-state index contributed by atoms with van der Waals surface area (Å²) in [7, 11) is 0. The number of halogens is 3. The van der Waals surface area contributed by atoms with Crippen molar-refractivity contribution in [2.24, 2.45) is 17.6 Å². The van der Waals surface area contributed by atoms with E-state index < -0.39 is 17.8 Å². The predicted octanol–water partition coefficient (Wildman–Crippen LogP) is 3.65. The molecule has 1 aliphatic carbocycles. The van der Waals surface area contributed by atoms with E-state index in [0.29, 0.717) is 12.0 Å². The second-order valence-electron chi connectivity index (χ2n) is 6.62. The van der Waals surface area contributed by atoms with Crippen LogP contribution in [-0.2, 0) is 11.0 Å². The van der Waals surface area contributed by atoms with Gasteiger partial charge < -0.3 is 11.1 Å². The van der Waals surface area contributed by atoms with Gasteiger partial charge in [-0.3, -0.25) is 4.79 Å². The smallest absolute Gasteiger partial charge is 0.349 e. The standard InChI is InChI=1S/C17H23F3N2O/c1-10(2)15(22-16(23)12-6-7-14(21)9-12)11-4-3-5-13(8-11)17(18,19)20/h3-5,8,10,12,14-15H,6-7,9,21H2,1-2H3,(H,22,23). The zero-order valence-electron chi connectivity index (χ0n) is 13.4. The lowest BCUT2D eigenvalue weighted by Gasteiger charge is -2.25. The number of nitrogens with one attached hydrogen (secondary N) is 1. The minimum atomic E-state index is -4.39. The normalized spacial score (nSPS) is 23.1. The summed E-state index contributed by atoms with van der Waals surface area (Å²) in [5, 5.41) is 2.91. The fraction of sp³-hybridized carbons (Fsp3) is 0.588. The molecule has 1 aromatic carbocycles. The number of alkyl halides is 3. The maximum absolute atomic E-state index is 12.9. The van der Waals surface area contributed by atoms with Crippen molar-refractivity contribution in [1.82, 2.24) is 5.32 Å². The predicted molar refractivity (Wildman–Crippen MR) is 82.5 cm³/mol. The molecule has 1 fully saturated rings. The number of carbonyl (C=O) groups excluding carboxylic acids is 1. The minimum Gasteiger partial charge on any atom is -0.349 e. The van der Waals surface area contributed by atoms with Crippen LogP contribution in [0.2, 0.25) is 0 Å². The van der Waals surface area contributed by atoms with Crippen molar-refractivity contribution in [2.45, 2.75) is 51.4 Å². The molecule has 0 aromatic heterocycles. The van der Waals surface area contributed by atoms with Gasteiger partial charge in [0.05, 0.1) is 11.6 Å². The highest BCUT2D eigenvalue weighted by molar-refractivity contribution is 5.79. The van der Waals surface area contributed by atoms with Gasteiger partial charge in [0.1, 0.15) is 0 Å². The topological polar surface area (TPSA) is 55.1 Å². The summed E-state index contributed by atoms with van der Waals surface area (Å²) in [5.41, 5.74) is 5.61. The third-order valence-corrected chi connectivity index (χ3v) is 4.38. The van der Waals surface area contributed by atoms with Crippen LogP contribution in [0.25, 0.3) is 0 Å². The van der Waals surface area contributed by atoms with Gasteiger partial charge in [-0.2, -0.15) is 13.2 Å². The van der Waals surface area contributed by atoms with Gasteiger partial charge in [0.2, 0.25) is 5.91 Å². The van der Waals surface area contributed by atoms with Crippen LogP contribution >= 0.6 is 0 Å². The monoisotopic (exact) mass is 328 g/mol. The molecule has 1 aliphatic rings. The van der Waals surface area contributed by atoms with Crippen molar-refractivity contribution in [3.8, 4) is 0 Å². The number of hydrogen-bond acceptors (Lipinski definition) is 2. The molecule has 128 valence electrons. The van der Waals surface area contributed by atoms with Gasteiger partial charge in [-0.05, 0) is 42.9 Å². The first-order valence-electron chi connectivity index (χ1n) is 7.91. The fourth-order valence-electron chi connectivity index (χ4n) is 3.07. The lowest BCUT2D eigenvalue weighted by atomic mass is 9.93. The molecule has 2 rings (SSSR count). The van der Waals surface area contributed by atoms with E-state index >= 15 is 0 Å². The molecule has 0 radical (unpaired) electrons. The van der Waals surface area contributed by atoms with Gasteiger partial charge in [-0.25, -0.2) is 0 Å². The van der Waals surface area contributed by atoms with Crippen molar-refractivity contribution in [2.75, 3.05) is 0 Å². The zero-order valence-corrected chi connectivity index (χ0v) is 13.4. The van der Waals surface area contributed by atoms with Crippen molar-refractivity contribution in [3.63, 3.8) is 0 Å². The van der Waals surface area contributed by atoms with E-state index in [0.717, 1.165) is 25.0 Å². The molecule has 0 bridgehead atoms. The molecule has 3 atom stereocenters. The van der Waals surface area contributed by atoms with Crippen LogP contribution in [-0.4, -0.2) is 11.9 Å². The Hall–Kier alpha value is -1.56. The molecule has 3 unspecified atom stereocenters. The molecular weight excluding hydrogens is 305 g/mol. The largest absolute Gasteiger partial charge is 0.416 e. The molecule has 0 heterocycles. The van der Waals surface area contributed by atoms with Crippen molar-refractivity contribution in [1.29, 1.82) is 0 Å². The third-order valence-electron chi connectivity index (χ3n) is 4.38. The molecule has 1 aromatic rings. The van der Waals surface area contributed by atoms with E-state index in [2.05, 4.69) is 5.32 Å². The third kappa shape index (κ3) is 4.47. The Labute approximate surface area is 134 Å². The second-order valence-corrected chi connectivity index (χ2v) is 6.62. The highest BCUT2D eigenvalue weighted by Crippen LogP contribution is 2.33. The van der Waals surface area contributed by atoms with Crippen LogP contribution in [0.4, 0.5) is 13.2 Å². The van der Waals surface area contributed by atoms with Gasteiger partial charge >= 0.3 is 6.18 Å². The summed E-state index contributed by atoms with van der Waals surface area (Å²) < 4.78 is 38.6. The maximum atomic E-state index is 12.9. The highest BCUT2D eigenvalue weighted by atomic mass is 19.4. The molecule has 0 spiro atoms. The maximum Gasteiger partial charge on any atom is 0.416 e. The van der Waals surface area contributed by atoms with Crippen LogP contribution < -0.4 is 11.1 Å². The Balaban J connectivity index is 2.17. The quantitative estimate of drug-likeness (QED) is 0.886. The Bertz CT molecular complexity index is 557. The minimum absolute atomic E-state index is 0.0162. The Morgan fingerprint density at radius 2 is 2.00 bits per heavy atom. The van der Waals surface area contributed by atoms with E-state index in [1.54, 1.807) is 6.07 Å². The number of hydrogen-bond donors (Lipinski definition) is 2. The summed E-state index contributed by atoms with van der Waals surface area (Å²) in [4.78, 5) is 12.4. The molecule has 1 amide bonds. The lowest BCUT2D eigenvalue weighted by molar-refractivity contribution is -0.137. The fourth-order valence-corrected chi connectivity index (χ4v) is 3.07. The van der Waals surface area contributed by atoms with E-state index in [4.69, 9.17) is 5.73 Å². The first kappa shape index (κ1) is 17.8. The second kappa shape index (κ2) is 6.91. The van der Waals surface area contributed by atoms with Gasteiger partial charge in [0.15, 0.2) is 0 Å².